The van der Waals surface area contributed by atoms with Crippen LogP contribution < -0.4 is 10.9 Å². The van der Waals surface area contributed by atoms with Crippen molar-refractivity contribution in [2.45, 2.75) is 44.9 Å². The van der Waals surface area contributed by atoms with Crippen molar-refractivity contribution in [3.8, 4) is 6.07 Å². The number of hydrogen-bond acceptors (Lipinski definition) is 8. The molecule has 0 aliphatic carbocycles. The summed E-state index contributed by atoms with van der Waals surface area (Å²) in [5.74, 6) is 0.523. The monoisotopic (exact) mass is 395 g/mol. The second kappa shape index (κ2) is 9.11. The Hall–Kier alpha value is -2.83. The molecular formula is C20H25N7O2. The molecule has 0 bridgehead atoms. The number of piperidine rings is 1. The summed E-state index contributed by atoms with van der Waals surface area (Å²) in [5, 5.41) is 25.0. The third-order valence-corrected chi connectivity index (χ3v) is 5.60. The summed E-state index contributed by atoms with van der Waals surface area (Å²) in [4.78, 5) is 14.8. The predicted octanol–water partition coefficient (Wildman–Crippen LogP) is 0.944. The van der Waals surface area contributed by atoms with Gasteiger partial charge in [-0.25, -0.2) is 4.68 Å². The van der Waals surface area contributed by atoms with Gasteiger partial charge in [0.05, 0.1) is 37.2 Å². The second-order valence-electron chi connectivity index (χ2n) is 7.45. The molecule has 4 rings (SSSR count). The summed E-state index contributed by atoms with van der Waals surface area (Å²) in [5.41, 5.74) is 2.31. The number of likely N-dealkylation sites (tertiary alicyclic amines) is 1. The fourth-order valence-electron chi connectivity index (χ4n) is 3.99. The standard InChI is InChI=1S/C20H25N7O2/c21-12-15-4-6-23-24-20(15)22-13-17-3-1-2-7-26(17)8-9-27-19(28)11-16-14-29-10-5-18(16)25-27/h4,6,11,17H,1-3,5,7-10,13-14H2,(H,22,24). The number of ether oxygens (including phenoxy) is 1. The van der Waals surface area contributed by atoms with E-state index in [2.05, 4.69) is 31.6 Å². The number of anilines is 1. The van der Waals surface area contributed by atoms with E-state index in [4.69, 9.17) is 4.74 Å². The van der Waals surface area contributed by atoms with Crippen LogP contribution in [0.2, 0.25) is 0 Å². The normalized spacial score (nSPS) is 19.3. The minimum absolute atomic E-state index is 0.0702. The number of nitriles is 1. The van der Waals surface area contributed by atoms with E-state index in [9.17, 15) is 10.1 Å². The molecule has 1 N–H and O–H groups in total. The number of nitrogens with one attached hydrogen (secondary N) is 1. The number of rotatable bonds is 6. The molecule has 2 aromatic heterocycles. The summed E-state index contributed by atoms with van der Waals surface area (Å²) in [6, 6.07) is 5.78. The Balaban J connectivity index is 1.39. The van der Waals surface area contributed by atoms with E-state index in [1.807, 2.05) is 0 Å². The van der Waals surface area contributed by atoms with Crippen molar-refractivity contribution in [2.24, 2.45) is 0 Å². The lowest BCUT2D eigenvalue weighted by molar-refractivity contribution is 0.107. The number of aromatic nitrogens is 4. The third-order valence-electron chi connectivity index (χ3n) is 5.60. The number of fused-ring (bicyclic) bond motifs is 1. The summed E-state index contributed by atoms with van der Waals surface area (Å²) >= 11 is 0. The highest BCUT2D eigenvalue weighted by molar-refractivity contribution is 5.50. The van der Waals surface area contributed by atoms with E-state index in [1.165, 1.54) is 12.6 Å². The van der Waals surface area contributed by atoms with Crippen molar-refractivity contribution < 1.29 is 4.74 Å². The van der Waals surface area contributed by atoms with Gasteiger partial charge in [0.1, 0.15) is 6.07 Å². The van der Waals surface area contributed by atoms with Crippen molar-refractivity contribution >= 4 is 5.82 Å². The molecule has 2 aliphatic rings. The zero-order chi connectivity index (χ0) is 20.1. The van der Waals surface area contributed by atoms with E-state index in [1.54, 1.807) is 16.8 Å². The van der Waals surface area contributed by atoms with Gasteiger partial charge in [0.15, 0.2) is 5.82 Å². The predicted molar refractivity (Wildman–Crippen MR) is 106 cm³/mol. The van der Waals surface area contributed by atoms with E-state index >= 15 is 0 Å². The average Bonchev–Trinajstić information content (AvgIpc) is 2.77. The maximum Gasteiger partial charge on any atom is 0.267 e. The summed E-state index contributed by atoms with van der Waals surface area (Å²) in [6.45, 7) is 4.15. The first-order valence-electron chi connectivity index (χ1n) is 10.1. The summed E-state index contributed by atoms with van der Waals surface area (Å²) in [7, 11) is 0. The topological polar surface area (TPSA) is 109 Å². The van der Waals surface area contributed by atoms with Gasteiger partial charge in [0.25, 0.3) is 5.56 Å². The molecule has 0 amide bonds. The molecule has 2 aromatic rings. The highest BCUT2D eigenvalue weighted by Gasteiger charge is 2.23. The fraction of sp³-hybridized carbons (Fsp3) is 0.550. The summed E-state index contributed by atoms with van der Waals surface area (Å²) < 4.78 is 6.99. The van der Waals surface area contributed by atoms with E-state index in [0.29, 0.717) is 43.7 Å². The van der Waals surface area contributed by atoms with Crippen LogP contribution in [0.3, 0.4) is 0 Å². The van der Waals surface area contributed by atoms with E-state index in [-0.39, 0.29) is 5.56 Å². The van der Waals surface area contributed by atoms with Crippen molar-refractivity contribution in [3.05, 3.63) is 45.5 Å². The highest BCUT2D eigenvalue weighted by atomic mass is 16.5. The van der Waals surface area contributed by atoms with Gasteiger partial charge >= 0.3 is 0 Å². The molecule has 0 radical (unpaired) electrons. The van der Waals surface area contributed by atoms with Gasteiger partial charge in [0.2, 0.25) is 0 Å². The van der Waals surface area contributed by atoms with Crippen LogP contribution in [0.25, 0.3) is 0 Å². The SMILES string of the molecule is N#Cc1ccnnc1NCC1CCCCN1CCn1nc2c(cc1=O)COCC2. The maximum atomic E-state index is 12.4. The van der Waals surface area contributed by atoms with Crippen LogP contribution in [0.15, 0.2) is 23.1 Å². The Bertz CT molecular complexity index is 953. The van der Waals surface area contributed by atoms with Gasteiger partial charge in [-0.05, 0) is 25.5 Å². The molecule has 152 valence electrons. The Morgan fingerprint density at radius 3 is 3.17 bits per heavy atom. The minimum Gasteiger partial charge on any atom is -0.376 e. The van der Waals surface area contributed by atoms with Gasteiger partial charge in [-0.2, -0.15) is 15.5 Å². The van der Waals surface area contributed by atoms with Crippen molar-refractivity contribution in [3.63, 3.8) is 0 Å². The molecular weight excluding hydrogens is 370 g/mol. The zero-order valence-electron chi connectivity index (χ0n) is 16.4. The lowest BCUT2D eigenvalue weighted by Crippen LogP contribution is -2.46. The van der Waals surface area contributed by atoms with E-state index in [0.717, 1.165) is 43.6 Å². The molecule has 1 fully saturated rings. The first-order chi connectivity index (χ1) is 14.2. The molecule has 2 aliphatic heterocycles. The van der Waals surface area contributed by atoms with Gasteiger partial charge in [0, 0.05) is 37.2 Å². The van der Waals surface area contributed by atoms with Crippen LogP contribution in [0.5, 0.6) is 0 Å². The van der Waals surface area contributed by atoms with E-state index < -0.39 is 0 Å². The highest BCUT2D eigenvalue weighted by Crippen LogP contribution is 2.18. The Morgan fingerprint density at radius 1 is 1.34 bits per heavy atom. The molecule has 1 unspecified atom stereocenters. The molecule has 0 aromatic carbocycles. The molecule has 0 saturated carbocycles. The molecule has 29 heavy (non-hydrogen) atoms. The largest absolute Gasteiger partial charge is 0.376 e. The van der Waals surface area contributed by atoms with Crippen LogP contribution >= 0.6 is 0 Å². The fourth-order valence-corrected chi connectivity index (χ4v) is 3.99. The summed E-state index contributed by atoms with van der Waals surface area (Å²) in [6.07, 6.45) is 5.66. The molecule has 0 spiro atoms. The molecule has 1 atom stereocenters. The smallest absolute Gasteiger partial charge is 0.267 e. The third kappa shape index (κ3) is 4.60. The lowest BCUT2D eigenvalue weighted by Gasteiger charge is -2.36. The molecule has 1 saturated heterocycles. The molecule has 9 heteroatoms. The second-order valence-corrected chi connectivity index (χ2v) is 7.45. The van der Waals surface area contributed by atoms with Gasteiger partial charge in [-0.15, -0.1) is 5.10 Å². The Morgan fingerprint density at radius 2 is 2.28 bits per heavy atom. The van der Waals surface area contributed by atoms with Gasteiger partial charge in [-0.3, -0.25) is 9.69 Å². The van der Waals surface area contributed by atoms with Crippen molar-refractivity contribution in [1.29, 1.82) is 5.26 Å². The minimum atomic E-state index is -0.0702. The van der Waals surface area contributed by atoms with Gasteiger partial charge < -0.3 is 10.1 Å². The van der Waals surface area contributed by atoms with Crippen LogP contribution in [0.4, 0.5) is 5.82 Å². The molecule has 4 heterocycles. The number of nitrogens with zero attached hydrogens (tertiary/aromatic N) is 6. The van der Waals surface area contributed by atoms with Crippen LogP contribution in [-0.4, -0.2) is 57.2 Å². The van der Waals surface area contributed by atoms with Gasteiger partial charge in [-0.1, -0.05) is 6.42 Å². The van der Waals surface area contributed by atoms with Crippen molar-refractivity contribution in [1.82, 2.24) is 24.9 Å². The lowest BCUT2D eigenvalue weighted by atomic mass is 10.0. The van der Waals surface area contributed by atoms with Crippen molar-refractivity contribution in [2.75, 3.05) is 31.6 Å². The number of hydrogen-bond donors (Lipinski definition) is 1. The quantitative estimate of drug-likeness (QED) is 0.770. The van der Waals surface area contributed by atoms with Crippen LogP contribution in [0.1, 0.15) is 36.1 Å². The van der Waals surface area contributed by atoms with Crippen LogP contribution in [0, 0.1) is 11.3 Å². The Kier molecular flexibility index (Phi) is 6.12. The first kappa shape index (κ1) is 19.5. The maximum absolute atomic E-state index is 12.4. The average molecular weight is 395 g/mol. The first-order valence-corrected chi connectivity index (χ1v) is 10.1. The Labute approximate surface area is 169 Å². The van der Waals surface area contributed by atoms with Crippen LogP contribution in [-0.2, 0) is 24.3 Å². The molecule has 9 nitrogen and oxygen atoms in total. The zero-order valence-corrected chi connectivity index (χ0v) is 16.4.